The predicted octanol–water partition coefficient (Wildman–Crippen LogP) is 1.68. The molecule has 0 aliphatic carbocycles. The SMILES string of the molecule is N#CCc1cc(CN)c(F)nc1C(F)F. The molecule has 0 radical (unpaired) electrons. The lowest BCUT2D eigenvalue weighted by atomic mass is 10.1. The third-order valence-electron chi connectivity index (χ3n) is 1.86. The van der Waals surface area contributed by atoms with Crippen LogP contribution in [0.25, 0.3) is 0 Å². The van der Waals surface area contributed by atoms with Crippen LogP contribution in [0.4, 0.5) is 13.2 Å². The summed E-state index contributed by atoms with van der Waals surface area (Å²) in [5, 5.41) is 8.41. The summed E-state index contributed by atoms with van der Waals surface area (Å²) in [7, 11) is 0. The first-order valence-electron chi connectivity index (χ1n) is 4.13. The van der Waals surface area contributed by atoms with Gasteiger partial charge in [0.25, 0.3) is 6.43 Å². The Morgan fingerprint density at radius 2 is 2.13 bits per heavy atom. The van der Waals surface area contributed by atoms with Crippen LogP contribution in [0.1, 0.15) is 23.2 Å². The van der Waals surface area contributed by atoms with Crippen molar-refractivity contribution in [1.82, 2.24) is 4.98 Å². The normalized spacial score (nSPS) is 10.4. The molecule has 0 bridgehead atoms. The number of aromatic nitrogens is 1. The summed E-state index contributed by atoms with van der Waals surface area (Å²) >= 11 is 0. The Bertz CT molecular complexity index is 398. The molecule has 2 N–H and O–H groups in total. The highest BCUT2D eigenvalue weighted by Gasteiger charge is 2.18. The number of pyridine rings is 1. The fraction of sp³-hybridized carbons (Fsp3) is 0.333. The van der Waals surface area contributed by atoms with Crippen molar-refractivity contribution in [1.29, 1.82) is 5.26 Å². The molecule has 1 aromatic rings. The highest BCUT2D eigenvalue weighted by molar-refractivity contribution is 5.29. The first kappa shape index (κ1) is 11.5. The van der Waals surface area contributed by atoms with Crippen molar-refractivity contribution in [2.24, 2.45) is 5.73 Å². The summed E-state index contributed by atoms with van der Waals surface area (Å²) in [5.41, 5.74) is 4.56. The molecule has 0 aromatic carbocycles. The van der Waals surface area contributed by atoms with Gasteiger partial charge in [0.1, 0.15) is 5.69 Å². The number of rotatable bonds is 3. The molecule has 0 unspecified atom stereocenters. The van der Waals surface area contributed by atoms with Crippen LogP contribution < -0.4 is 5.73 Å². The van der Waals surface area contributed by atoms with Crippen LogP contribution in [0.5, 0.6) is 0 Å². The second-order valence-electron chi connectivity index (χ2n) is 2.82. The molecule has 0 aliphatic heterocycles. The van der Waals surface area contributed by atoms with Gasteiger partial charge in [-0.3, -0.25) is 0 Å². The predicted molar refractivity (Wildman–Crippen MR) is 46.4 cm³/mol. The number of halogens is 3. The van der Waals surface area contributed by atoms with Gasteiger partial charge in [0, 0.05) is 12.1 Å². The van der Waals surface area contributed by atoms with Gasteiger partial charge in [0.05, 0.1) is 12.5 Å². The Morgan fingerprint density at radius 1 is 1.47 bits per heavy atom. The number of nitrogens with zero attached hydrogens (tertiary/aromatic N) is 2. The van der Waals surface area contributed by atoms with Crippen LogP contribution in [0.3, 0.4) is 0 Å². The van der Waals surface area contributed by atoms with Crippen LogP contribution in [-0.2, 0) is 13.0 Å². The highest BCUT2D eigenvalue weighted by atomic mass is 19.3. The molecule has 1 aromatic heterocycles. The van der Waals surface area contributed by atoms with Crippen molar-refractivity contribution in [3.8, 4) is 6.07 Å². The maximum Gasteiger partial charge on any atom is 0.280 e. The lowest BCUT2D eigenvalue weighted by molar-refractivity contribution is 0.143. The second-order valence-corrected chi connectivity index (χ2v) is 2.82. The van der Waals surface area contributed by atoms with Crippen LogP contribution >= 0.6 is 0 Å². The Balaban J connectivity index is 3.26. The number of alkyl halides is 2. The Kier molecular flexibility index (Phi) is 3.63. The van der Waals surface area contributed by atoms with E-state index in [2.05, 4.69) is 4.98 Å². The molecule has 0 saturated heterocycles. The van der Waals surface area contributed by atoms with Gasteiger partial charge in [-0.2, -0.15) is 9.65 Å². The number of hydrogen-bond donors (Lipinski definition) is 1. The molecule has 1 rings (SSSR count). The van der Waals surface area contributed by atoms with E-state index in [4.69, 9.17) is 11.0 Å². The minimum atomic E-state index is -2.89. The molecule has 0 fully saturated rings. The standard InChI is InChI=1S/C9H8F3N3/c10-8(11)7-5(1-2-13)3-6(4-14)9(12)15-7/h3,8H,1,4,14H2. The molecule has 0 saturated carbocycles. The van der Waals surface area contributed by atoms with E-state index in [-0.39, 0.29) is 24.1 Å². The second kappa shape index (κ2) is 4.75. The maximum absolute atomic E-state index is 13.0. The molecule has 6 heteroatoms. The monoisotopic (exact) mass is 215 g/mol. The van der Waals surface area contributed by atoms with Crippen molar-refractivity contribution in [3.05, 3.63) is 28.8 Å². The van der Waals surface area contributed by atoms with Crippen LogP contribution in [0.2, 0.25) is 0 Å². The molecule has 15 heavy (non-hydrogen) atoms. The highest BCUT2D eigenvalue weighted by Crippen LogP contribution is 2.23. The van der Waals surface area contributed by atoms with Crippen molar-refractivity contribution in [2.45, 2.75) is 19.4 Å². The van der Waals surface area contributed by atoms with E-state index < -0.39 is 18.1 Å². The number of nitriles is 1. The lowest BCUT2D eigenvalue weighted by Gasteiger charge is -2.07. The topological polar surface area (TPSA) is 62.7 Å². The fourth-order valence-electron chi connectivity index (χ4n) is 1.15. The number of hydrogen-bond acceptors (Lipinski definition) is 3. The van der Waals surface area contributed by atoms with E-state index >= 15 is 0 Å². The zero-order valence-corrected chi connectivity index (χ0v) is 7.67. The molecular formula is C9H8F3N3. The van der Waals surface area contributed by atoms with E-state index in [0.29, 0.717) is 0 Å². The van der Waals surface area contributed by atoms with E-state index in [1.54, 1.807) is 6.07 Å². The minimum Gasteiger partial charge on any atom is -0.326 e. The van der Waals surface area contributed by atoms with E-state index in [0.717, 1.165) is 6.07 Å². The molecule has 0 spiro atoms. The average Bonchev–Trinajstić information content (AvgIpc) is 2.20. The van der Waals surface area contributed by atoms with Crippen molar-refractivity contribution >= 4 is 0 Å². The van der Waals surface area contributed by atoms with Gasteiger partial charge in [0.15, 0.2) is 0 Å². The van der Waals surface area contributed by atoms with Gasteiger partial charge in [-0.1, -0.05) is 0 Å². The van der Waals surface area contributed by atoms with Crippen LogP contribution in [-0.4, -0.2) is 4.98 Å². The smallest absolute Gasteiger partial charge is 0.280 e. The zero-order chi connectivity index (χ0) is 11.4. The first-order chi connectivity index (χ1) is 7.10. The summed E-state index contributed by atoms with van der Waals surface area (Å²) in [6.07, 6.45) is -3.13. The number of nitrogens with two attached hydrogens (primary N) is 1. The summed E-state index contributed by atoms with van der Waals surface area (Å²) < 4.78 is 37.8. The average molecular weight is 215 g/mol. The van der Waals surface area contributed by atoms with Gasteiger partial charge >= 0.3 is 0 Å². The fourth-order valence-corrected chi connectivity index (χ4v) is 1.15. The van der Waals surface area contributed by atoms with Gasteiger partial charge in [-0.15, -0.1) is 0 Å². The summed E-state index contributed by atoms with van der Waals surface area (Å²) in [6.45, 7) is -0.138. The molecular weight excluding hydrogens is 207 g/mol. The molecule has 80 valence electrons. The first-order valence-corrected chi connectivity index (χ1v) is 4.13. The van der Waals surface area contributed by atoms with E-state index in [1.807, 2.05) is 0 Å². The van der Waals surface area contributed by atoms with Crippen LogP contribution in [0.15, 0.2) is 6.07 Å². The van der Waals surface area contributed by atoms with Crippen molar-refractivity contribution < 1.29 is 13.2 Å². The zero-order valence-electron chi connectivity index (χ0n) is 7.67. The van der Waals surface area contributed by atoms with Crippen molar-refractivity contribution in [3.63, 3.8) is 0 Å². The molecule has 0 amide bonds. The third kappa shape index (κ3) is 2.44. The third-order valence-corrected chi connectivity index (χ3v) is 1.86. The molecule has 0 aliphatic rings. The largest absolute Gasteiger partial charge is 0.326 e. The lowest BCUT2D eigenvalue weighted by Crippen LogP contribution is -2.08. The molecule has 0 atom stereocenters. The molecule has 1 heterocycles. The van der Waals surface area contributed by atoms with Gasteiger partial charge in [-0.05, 0) is 11.6 Å². The maximum atomic E-state index is 13.0. The van der Waals surface area contributed by atoms with Gasteiger partial charge < -0.3 is 5.73 Å². The Hall–Kier alpha value is -1.61. The minimum absolute atomic E-state index is 0.0225. The van der Waals surface area contributed by atoms with Crippen molar-refractivity contribution in [2.75, 3.05) is 0 Å². The van der Waals surface area contributed by atoms with Crippen LogP contribution in [0, 0.1) is 17.3 Å². The van der Waals surface area contributed by atoms with Gasteiger partial charge in [0.2, 0.25) is 5.95 Å². The summed E-state index contributed by atoms with van der Waals surface area (Å²) in [4.78, 5) is 3.11. The summed E-state index contributed by atoms with van der Waals surface area (Å²) in [6, 6.07) is 2.87. The summed E-state index contributed by atoms with van der Waals surface area (Å²) in [5.74, 6) is -1.01. The van der Waals surface area contributed by atoms with Gasteiger partial charge in [-0.25, -0.2) is 13.8 Å². The van der Waals surface area contributed by atoms with E-state index in [1.165, 1.54) is 0 Å². The quantitative estimate of drug-likeness (QED) is 0.780. The molecule has 3 nitrogen and oxygen atoms in total. The Labute approximate surface area is 84.3 Å². The Morgan fingerprint density at radius 3 is 2.60 bits per heavy atom. The van der Waals surface area contributed by atoms with E-state index in [9.17, 15) is 13.2 Å².